The normalized spacial score (nSPS) is 16.4. The molecule has 1 aromatic carbocycles. The Bertz CT molecular complexity index is 989. The first-order valence-electron chi connectivity index (χ1n) is 8.60. The van der Waals surface area contributed by atoms with Crippen LogP contribution in [0.2, 0.25) is 5.15 Å². The summed E-state index contributed by atoms with van der Waals surface area (Å²) in [4.78, 5) is 40.5. The lowest BCUT2D eigenvalue weighted by Gasteiger charge is -2.26. The van der Waals surface area contributed by atoms with Crippen LogP contribution < -0.4 is 10.6 Å². The number of carbonyl (C=O) groups is 3. The third-order valence-electron chi connectivity index (χ3n) is 4.10. The summed E-state index contributed by atoms with van der Waals surface area (Å²) in [6.07, 6.45) is 0. The van der Waals surface area contributed by atoms with Crippen LogP contribution in [-0.4, -0.2) is 42.2 Å². The molecular weight excluding hydrogens is 386 g/mol. The van der Waals surface area contributed by atoms with Crippen LogP contribution in [0.4, 0.5) is 4.79 Å². The van der Waals surface area contributed by atoms with Crippen LogP contribution in [0.25, 0.3) is 10.9 Å². The number of ether oxygens (including phenoxy) is 2. The number of aromatic nitrogens is 1. The van der Waals surface area contributed by atoms with Gasteiger partial charge in [-0.05, 0) is 44.2 Å². The predicted octanol–water partition coefficient (Wildman–Crippen LogP) is 2.56. The standard InChI is InChI=1S/C19H18ClN3O5/c1-3-27-18(25)16-10(2)21-19(26)23-14(16)9-28-17(24)12-4-6-13-11(8-12)5-7-15(20)22-13/h4-8,10H,3,9H2,1-2H3,(H2,21,23,26). The molecule has 2 heterocycles. The van der Waals surface area contributed by atoms with Gasteiger partial charge < -0.3 is 20.1 Å². The lowest BCUT2D eigenvalue weighted by atomic mass is 10.0. The fourth-order valence-electron chi connectivity index (χ4n) is 2.84. The SMILES string of the molecule is CCOC(=O)C1=C(COC(=O)c2ccc3nc(Cl)ccc3c2)NC(=O)NC1C. The number of fused-ring (bicyclic) bond motifs is 1. The zero-order chi connectivity index (χ0) is 20.3. The minimum atomic E-state index is -0.604. The first-order valence-corrected chi connectivity index (χ1v) is 8.98. The van der Waals surface area contributed by atoms with Gasteiger partial charge in [0.15, 0.2) is 0 Å². The number of pyridine rings is 1. The average molecular weight is 404 g/mol. The van der Waals surface area contributed by atoms with E-state index >= 15 is 0 Å². The average Bonchev–Trinajstić information content (AvgIpc) is 2.65. The van der Waals surface area contributed by atoms with Gasteiger partial charge in [-0.25, -0.2) is 19.4 Å². The van der Waals surface area contributed by atoms with Crippen molar-refractivity contribution >= 4 is 40.5 Å². The summed E-state index contributed by atoms with van der Waals surface area (Å²) in [5.74, 6) is -1.18. The van der Waals surface area contributed by atoms with Crippen LogP contribution in [0.5, 0.6) is 0 Å². The summed E-state index contributed by atoms with van der Waals surface area (Å²) in [5, 5.41) is 6.17. The van der Waals surface area contributed by atoms with Crippen molar-refractivity contribution < 1.29 is 23.9 Å². The molecule has 3 rings (SSSR count). The lowest BCUT2D eigenvalue weighted by Crippen LogP contribution is -2.50. The van der Waals surface area contributed by atoms with E-state index in [4.69, 9.17) is 21.1 Å². The monoisotopic (exact) mass is 403 g/mol. The van der Waals surface area contributed by atoms with Crippen molar-refractivity contribution in [2.75, 3.05) is 13.2 Å². The summed E-state index contributed by atoms with van der Waals surface area (Å²) >= 11 is 5.86. The number of nitrogens with zero attached hydrogens (tertiary/aromatic N) is 1. The molecule has 2 aromatic rings. The maximum atomic E-state index is 12.4. The van der Waals surface area contributed by atoms with Gasteiger partial charge >= 0.3 is 18.0 Å². The minimum Gasteiger partial charge on any atom is -0.463 e. The van der Waals surface area contributed by atoms with Crippen molar-refractivity contribution in [2.45, 2.75) is 19.9 Å². The van der Waals surface area contributed by atoms with E-state index in [1.807, 2.05) is 0 Å². The van der Waals surface area contributed by atoms with Crippen molar-refractivity contribution in [1.29, 1.82) is 0 Å². The minimum absolute atomic E-state index is 0.186. The largest absolute Gasteiger partial charge is 0.463 e. The fraction of sp³-hybridized carbons (Fsp3) is 0.263. The highest BCUT2D eigenvalue weighted by Crippen LogP contribution is 2.19. The van der Waals surface area contributed by atoms with Crippen LogP contribution in [-0.2, 0) is 14.3 Å². The Balaban J connectivity index is 1.79. The van der Waals surface area contributed by atoms with Crippen LogP contribution >= 0.6 is 11.6 Å². The van der Waals surface area contributed by atoms with Gasteiger partial charge in [-0.15, -0.1) is 0 Å². The molecule has 2 amide bonds. The molecule has 1 aromatic heterocycles. The van der Waals surface area contributed by atoms with Gasteiger partial charge in [-0.1, -0.05) is 11.6 Å². The first-order chi connectivity index (χ1) is 13.4. The molecule has 146 valence electrons. The van der Waals surface area contributed by atoms with Gasteiger partial charge in [0.1, 0.15) is 11.8 Å². The van der Waals surface area contributed by atoms with E-state index in [0.717, 1.165) is 5.39 Å². The van der Waals surface area contributed by atoms with Crippen molar-refractivity contribution in [1.82, 2.24) is 15.6 Å². The maximum Gasteiger partial charge on any atom is 0.338 e. The smallest absolute Gasteiger partial charge is 0.338 e. The van der Waals surface area contributed by atoms with E-state index in [-0.39, 0.29) is 24.5 Å². The molecule has 0 aliphatic carbocycles. The Labute approximate surface area is 165 Å². The fourth-order valence-corrected chi connectivity index (χ4v) is 3.00. The molecule has 0 fully saturated rings. The van der Waals surface area contributed by atoms with Gasteiger partial charge in [0, 0.05) is 5.39 Å². The molecule has 1 unspecified atom stereocenters. The van der Waals surface area contributed by atoms with Crippen molar-refractivity contribution in [2.24, 2.45) is 0 Å². The van der Waals surface area contributed by atoms with Gasteiger partial charge in [-0.2, -0.15) is 0 Å². The van der Waals surface area contributed by atoms with Crippen molar-refractivity contribution in [3.8, 4) is 0 Å². The number of halogens is 1. The summed E-state index contributed by atoms with van der Waals surface area (Å²) in [7, 11) is 0. The Kier molecular flexibility index (Phi) is 5.79. The second kappa shape index (κ2) is 8.26. The molecule has 0 bridgehead atoms. The Hall–Kier alpha value is -3.13. The second-order valence-corrected chi connectivity index (χ2v) is 6.44. The number of esters is 2. The van der Waals surface area contributed by atoms with E-state index in [9.17, 15) is 14.4 Å². The number of urea groups is 1. The number of hydrogen-bond donors (Lipinski definition) is 2. The zero-order valence-corrected chi connectivity index (χ0v) is 16.0. The van der Waals surface area contributed by atoms with Gasteiger partial charge in [-0.3, -0.25) is 0 Å². The van der Waals surface area contributed by atoms with Crippen LogP contribution in [0.15, 0.2) is 41.6 Å². The van der Waals surface area contributed by atoms with Crippen molar-refractivity contribution in [3.63, 3.8) is 0 Å². The van der Waals surface area contributed by atoms with Gasteiger partial charge in [0.2, 0.25) is 0 Å². The summed E-state index contributed by atoms with van der Waals surface area (Å²) in [5.41, 5.74) is 1.36. The molecule has 1 aliphatic rings. The van der Waals surface area contributed by atoms with E-state index in [1.165, 1.54) is 0 Å². The predicted molar refractivity (Wildman–Crippen MR) is 102 cm³/mol. The first kappa shape index (κ1) is 19.6. The summed E-state index contributed by atoms with van der Waals surface area (Å²) in [6.45, 7) is 3.24. The highest BCUT2D eigenvalue weighted by atomic mass is 35.5. The van der Waals surface area contributed by atoms with E-state index in [0.29, 0.717) is 16.2 Å². The van der Waals surface area contributed by atoms with Crippen LogP contribution in [0, 0.1) is 0 Å². The molecule has 8 nitrogen and oxygen atoms in total. The molecule has 28 heavy (non-hydrogen) atoms. The molecule has 1 atom stereocenters. The van der Waals surface area contributed by atoms with Gasteiger partial charge in [0.25, 0.3) is 0 Å². The molecule has 1 aliphatic heterocycles. The maximum absolute atomic E-state index is 12.4. The van der Waals surface area contributed by atoms with Gasteiger partial charge in [0.05, 0.1) is 35.0 Å². The Morgan fingerprint density at radius 3 is 2.71 bits per heavy atom. The molecule has 0 saturated carbocycles. The number of benzene rings is 1. The zero-order valence-electron chi connectivity index (χ0n) is 15.2. The topological polar surface area (TPSA) is 107 Å². The Morgan fingerprint density at radius 1 is 1.18 bits per heavy atom. The number of rotatable bonds is 5. The quantitative estimate of drug-likeness (QED) is 0.587. The van der Waals surface area contributed by atoms with Crippen molar-refractivity contribution in [3.05, 3.63) is 52.3 Å². The van der Waals surface area contributed by atoms with Crippen LogP contribution in [0.3, 0.4) is 0 Å². The molecule has 0 spiro atoms. The molecule has 0 saturated heterocycles. The van der Waals surface area contributed by atoms with E-state index < -0.39 is 24.0 Å². The highest BCUT2D eigenvalue weighted by molar-refractivity contribution is 6.29. The third-order valence-corrected chi connectivity index (χ3v) is 4.31. The molecule has 9 heteroatoms. The molecule has 2 N–H and O–H groups in total. The van der Waals surface area contributed by atoms with E-state index in [2.05, 4.69) is 15.6 Å². The number of nitrogens with one attached hydrogen (secondary N) is 2. The van der Waals surface area contributed by atoms with E-state index in [1.54, 1.807) is 44.2 Å². The Morgan fingerprint density at radius 2 is 1.96 bits per heavy atom. The molecular formula is C19H18ClN3O5. The molecule has 0 radical (unpaired) electrons. The number of hydrogen-bond acceptors (Lipinski definition) is 6. The summed E-state index contributed by atoms with van der Waals surface area (Å²) < 4.78 is 10.3. The number of carbonyl (C=O) groups excluding carboxylic acids is 3. The number of amides is 2. The lowest BCUT2D eigenvalue weighted by molar-refractivity contribution is -0.139. The highest BCUT2D eigenvalue weighted by Gasteiger charge is 2.30. The van der Waals surface area contributed by atoms with Crippen LogP contribution in [0.1, 0.15) is 24.2 Å². The second-order valence-electron chi connectivity index (χ2n) is 6.05. The third kappa shape index (κ3) is 4.23. The summed E-state index contributed by atoms with van der Waals surface area (Å²) in [6, 6.07) is 7.18.